The summed E-state index contributed by atoms with van der Waals surface area (Å²) in [6, 6.07) is -1.34. The molecular formula is C14H20N2O7. The molecule has 3 N–H and O–H groups in total. The minimum Gasteiger partial charge on any atom is -0.488 e. The second kappa shape index (κ2) is 7.12. The second-order valence-corrected chi connectivity index (χ2v) is 5.71. The fraction of sp³-hybridized carbons (Fsp3) is 0.571. The molecule has 0 unspecified atom stereocenters. The third-order valence-electron chi connectivity index (χ3n) is 2.63. The van der Waals surface area contributed by atoms with Crippen LogP contribution < -0.4 is 26.2 Å². The highest BCUT2D eigenvalue weighted by molar-refractivity contribution is 5.81. The normalized spacial score (nSPS) is 12.5. The molecular weight excluding hydrogens is 308 g/mol. The number of hydrogen-bond acceptors (Lipinski definition) is 7. The summed E-state index contributed by atoms with van der Waals surface area (Å²) in [4.78, 5) is 45.5. The maximum absolute atomic E-state index is 11.6. The molecule has 128 valence electrons. The Morgan fingerprint density at radius 1 is 1.22 bits per heavy atom. The van der Waals surface area contributed by atoms with Gasteiger partial charge in [0, 0.05) is 6.54 Å². The minimum atomic E-state index is -1.34. The Labute approximate surface area is 132 Å². The molecule has 0 radical (unpaired) electrons. The lowest BCUT2D eigenvalue weighted by Crippen LogP contribution is -2.48. The van der Waals surface area contributed by atoms with Gasteiger partial charge in [0.05, 0.1) is 6.61 Å². The number of hydrogen-bond donors (Lipinski definition) is 3. The molecule has 23 heavy (non-hydrogen) atoms. The lowest BCUT2D eigenvalue weighted by atomic mass is 10.2. The van der Waals surface area contributed by atoms with Gasteiger partial charge in [0.25, 0.3) is 10.9 Å². The Balaban J connectivity index is 2.70. The van der Waals surface area contributed by atoms with Crippen LogP contribution in [0.2, 0.25) is 0 Å². The minimum absolute atomic E-state index is 0.0888. The van der Waals surface area contributed by atoms with Crippen molar-refractivity contribution in [1.82, 2.24) is 5.32 Å². The van der Waals surface area contributed by atoms with Gasteiger partial charge in [-0.2, -0.15) is 0 Å². The molecule has 0 aliphatic carbocycles. The molecule has 1 aromatic carbocycles. The van der Waals surface area contributed by atoms with E-state index in [2.05, 4.69) is 10.6 Å². The van der Waals surface area contributed by atoms with E-state index in [1.807, 2.05) is 0 Å². The molecule has 0 bridgehead atoms. The third kappa shape index (κ3) is 4.97. The molecule has 0 aliphatic rings. The molecule has 0 saturated carbocycles. The molecule has 1 aromatic rings. The number of carbonyl (C=O) groups is 2. The summed E-state index contributed by atoms with van der Waals surface area (Å²) in [5.74, 6) is -1.45. The largest absolute Gasteiger partial charge is 0.488 e. The molecule has 0 heterocycles. The summed E-state index contributed by atoms with van der Waals surface area (Å²) in [7, 11) is 0. The summed E-state index contributed by atoms with van der Waals surface area (Å²) in [5, 5.41) is 13.8. The van der Waals surface area contributed by atoms with E-state index in [4.69, 9.17) is 14.6 Å². The van der Waals surface area contributed by atoms with E-state index in [1.54, 1.807) is 27.7 Å². The molecule has 0 saturated heterocycles. The van der Waals surface area contributed by atoms with Crippen LogP contribution in [-0.4, -0.2) is 42.0 Å². The quantitative estimate of drug-likeness (QED) is 0.599. The van der Waals surface area contributed by atoms with Crippen molar-refractivity contribution < 1.29 is 24.2 Å². The lowest BCUT2D eigenvalue weighted by molar-refractivity contribution is -0.139. The zero-order chi connectivity index (χ0) is 17.8. The van der Waals surface area contributed by atoms with E-state index in [0.29, 0.717) is 0 Å². The average molecular weight is 328 g/mol. The SMILES string of the molecule is CCOc1c(NC[C@@H](NC(=O)OC(C)(C)C)C(=O)O)c(=O)c1=O. The Kier molecular flexibility index (Phi) is 5.72. The molecule has 0 aliphatic heterocycles. The van der Waals surface area contributed by atoms with E-state index in [0.717, 1.165) is 0 Å². The van der Waals surface area contributed by atoms with Crippen LogP contribution in [0.4, 0.5) is 10.5 Å². The fourth-order valence-electron chi connectivity index (χ4n) is 1.67. The molecule has 1 atom stereocenters. The number of carbonyl (C=O) groups excluding carboxylic acids is 1. The number of alkyl carbamates (subject to hydrolysis) is 1. The van der Waals surface area contributed by atoms with Gasteiger partial charge in [-0.1, -0.05) is 0 Å². The van der Waals surface area contributed by atoms with E-state index in [9.17, 15) is 19.2 Å². The summed E-state index contributed by atoms with van der Waals surface area (Å²) >= 11 is 0. The summed E-state index contributed by atoms with van der Waals surface area (Å²) in [5.41, 5.74) is -2.41. The van der Waals surface area contributed by atoms with Crippen molar-refractivity contribution in [3.8, 4) is 5.75 Å². The van der Waals surface area contributed by atoms with Gasteiger partial charge in [0.1, 0.15) is 17.3 Å². The maximum atomic E-state index is 11.6. The molecule has 9 heteroatoms. The number of nitrogens with one attached hydrogen (secondary N) is 2. The van der Waals surface area contributed by atoms with Crippen LogP contribution in [0.15, 0.2) is 9.59 Å². The Morgan fingerprint density at radius 2 is 1.83 bits per heavy atom. The lowest BCUT2D eigenvalue weighted by Gasteiger charge is -2.22. The van der Waals surface area contributed by atoms with E-state index >= 15 is 0 Å². The van der Waals surface area contributed by atoms with Gasteiger partial charge in [-0.3, -0.25) is 9.59 Å². The average Bonchev–Trinajstić information content (AvgIpc) is 2.42. The number of rotatable bonds is 7. The first-order chi connectivity index (χ1) is 10.6. The predicted octanol–water partition coefficient (Wildman–Crippen LogP) is 0.0711. The zero-order valence-electron chi connectivity index (χ0n) is 13.4. The van der Waals surface area contributed by atoms with Gasteiger partial charge in [0.2, 0.25) is 0 Å². The smallest absolute Gasteiger partial charge is 0.408 e. The van der Waals surface area contributed by atoms with Crippen molar-refractivity contribution in [1.29, 1.82) is 0 Å². The van der Waals surface area contributed by atoms with Crippen molar-refractivity contribution in [2.75, 3.05) is 18.5 Å². The van der Waals surface area contributed by atoms with Gasteiger partial charge < -0.3 is 25.2 Å². The molecule has 9 nitrogen and oxygen atoms in total. The Hall–Kier alpha value is -2.58. The van der Waals surface area contributed by atoms with Crippen LogP contribution >= 0.6 is 0 Å². The first kappa shape index (κ1) is 18.5. The molecule has 0 aromatic heterocycles. The van der Waals surface area contributed by atoms with Gasteiger partial charge in [-0.25, -0.2) is 9.59 Å². The third-order valence-corrected chi connectivity index (χ3v) is 2.63. The highest BCUT2D eigenvalue weighted by Gasteiger charge is 2.27. The van der Waals surface area contributed by atoms with Crippen LogP contribution in [0.25, 0.3) is 0 Å². The number of carboxylic acid groups (broad SMARTS) is 1. The summed E-state index contributed by atoms with van der Waals surface area (Å²) in [6.07, 6.45) is -0.901. The first-order valence-corrected chi connectivity index (χ1v) is 6.99. The molecule has 1 amide bonds. The van der Waals surface area contributed by atoms with E-state index in [-0.39, 0.29) is 24.6 Å². The Morgan fingerprint density at radius 3 is 2.30 bits per heavy atom. The molecule has 0 spiro atoms. The molecule has 0 fully saturated rings. The number of ether oxygens (including phenoxy) is 2. The van der Waals surface area contributed by atoms with Crippen LogP contribution in [0.1, 0.15) is 27.7 Å². The first-order valence-electron chi connectivity index (χ1n) is 6.99. The monoisotopic (exact) mass is 328 g/mol. The highest BCUT2D eigenvalue weighted by Crippen LogP contribution is 2.17. The number of carboxylic acids is 1. The van der Waals surface area contributed by atoms with Crippen molar-refractivity contribution in [3.05, 3.63) is 20.4 Å². The van der Waals surface area contributed by atoms with Crippen molar-refractivity contribution in [3.63, 3.8) is 0 Å². The Bertz CT molecular complexity index is 653. The van der Waals surface area contributed by atoms with Crippen LogP contribution in [0, 0.1) is 0 Å². The fourth-order valence-corrected chi connectivity index (χ4v) is 1.67. The van der Waals surface area contributed by atoms with Gasteiger partial charge in [-0.05, 0) is 27.7 Å². The number of amides is 1. The van der Waals surface area contributed by atoms with Gasteiger partial charge >= 0.3 is 12.1 Å². The maximum Gasteiger partial charge on any atom is 0.408 e. The summed E-state index contributed by atoms with van der Waals surface area (Å²) < 4.78 is 9.96. The summed E-state index contributed by atoms with van der Waals surface area (Å²) in [6.45, 7) is 6.44. The van der Waals surface area contributed by atoms with Crippen molar-refractivity contribution >= 4 is 17.7 Å². The highest BCUT2D eigenvalue weighted by atomic mass is 16.6. The standard InChI is InChI=1S/C14H20N2O7/c1-5-22-11-8(9(17)10(11)18)15-6-7(12(19)20)16-13(21)23-14(2,3)4/h7,15H,5-6H2,1-4H3,(H,16,21)(H,19,20)/t7-/m1/s1. The zero-order valence-corrected chi connectivity index (χ0v) is 13.4. The number of anilines is 1. The van der Waals surface area contributed by atoms with Gasteiger partial charge in [0.15, 0.2) is 5.75 Å². The molecule has 1 rings (SSSR count). The number of aliphatic carboxylic acids is 1. The van der Waals surface area contributed by atoms with E-state index in [1.165, 1.54) is 0 Å². The van der Waals surface area contributed by atoms with Crippen LogP contribution in [-0.2, 0) is 9.53 Å². The van der Waals surface area contributed by atoms with E-state index < -0.39 is 34.6 Å². The van der Waals surface area contributed by atoms with Crippen molar-refractivity contribution in [2.24, 2.45) is 0 Å². The van der Waals surface area contributed by atoms with Crippen LogP contribution in [0.3, 0.4) is 0 Å². The van der Waals surface area contributed by atoms with Gasteiger partial charge in [-0.15, -0.1) is 0 Å². The second-order valence-electron chi connectivity index (χ2n) is 5.71. The van der Waals surface area contributed by atoms with Crippen LogP contribution in [0.5, 0.6) is 5.75 Å². The van der Waals surface area contributed by atoms with Crippen molar-refractivity contribution in [2.45, 2.75) is 39.3 Å². The predicted molar refractivity (Wildman–Crippen MR) is 81.8 cm³/mol. The topological polar surface area (TPSA) is 131 Å².